The molecule has 1 aliphatic heterocycles. The van der Waals surface area contributed by atoms with Crippen LogP contribution in [0.3, 0.4) is 0 Å². The molecule has 3 heterocycles. The number of piperidine rings is 1. The lowest BCUT2D eigenvalue weighted by atomic mass is 9.96. The van der Waals surface area contributed by atoms with Crippen LogP contribution < -0.4 is 0 Å². The molecular formula is C20H21N3O3. The smallest absolute Gasteiger partial charge is 0.250 e. The predicted molar refractivity (Wildman–Crippen MR) is 95.4 cm³/mol. The number of nitrogens with zero attached hydrogens (tertiary/aromatic N) is 3. The summed E-state index contributed by atoms with van der Waals surface area (Å²) in [5.74, 6) is 1.50. The lowest BCUT2D eigenvalue weighted by Gasteiger charge is -2.30. The van der Waals surface area contributed by atoms with Gasteiger partial charge in [0.2, 0.25) is 11.8 Å². The summed E-state index contributed by atoms with van der Waals surface area (Å²) in [7, 11) is 0. The average Bonchev–Trinajstić information content (AvgIpc) is 3.33. The van der Waals surface area contributed by atoms with Crippen molar-refractivity contribution in [1.29, 1.82) is 0 Å². The minimum absolute atomic E-state index is 0.179. The van der Waals surface area contributed by atoms with Crippen LogP contribution in [0.5, 0.6) is 0 Å². The van der Waals surface area contributed by atoms with Gasteiger partial charge in [-0.2, -0.15) is 0 Å². The Labute approximate surface area is 151 Å². The molecule has 0 aliphatic carbocycles. The van der Waals surface area contributed by atoms with E-state index in [1.807, 2.05) is 30.0 Å². The maximum atomic E-state index is 12.5. The Kier molecular flexibility index (Phi) is 4.56. The second-order valence-corrected chi connectivity index (χ2v) is 6.78. The molecule has 1 fully saturated rings. The molecule has 0 radical (unpaired) electrons. The van der Waals surface area contributed by atoms with Crippen LogP contribution in [0, 0.1) is 6.92 Å². The highest BCUT2D eigenvalue weighted by atomic mass is 16.4. The van der Waals surface area contributed by atoms with Crippen molar-refractivity contribution in [2.75, 3.05) is 13.1 Å². The minimum Gasteiger partial charge on any atom is -0.472 e. The molecule has 1 amide bonds. The molecule has 6 heteroatoms. The van der Waals surface area contributed by atoms with Gasteiger partial charge in [0, 0.05) is 19.0 Å². The summed E-state index contributed by atoms with van der Waals surface area (Å²) in [6.45, 7) is 3.49. The van der Waals surface area contributed by atoms with Crippen LogP contribution in [-0.4, -0.2) is 34.1 Å². The number of likely N-dealkylation sites (tertiary alicyclic amines) is 1. The molecule has 4 rings (SSSR count). The van der Waals surface area contributed by atoms with Crippen LogP contribution in [0.4, 0.5) is 0 Å². The van der Waals surface area contributed by atoms with Crippen LogP contribution in [-0.2, 0) is 11.2 Å². The van der Waals surface area contributed by atoms with E-state index >= 15 is 0 Å². The van der Waals surface area contributed by atoms with E-state index in [1.54, 1.807) is 18.6 Å². The zero-order chi connectivity index (χ0) is 17.9. The van der Waals surface area contributed by atoms with E-state index in [1.165, 1.54) is 5.56 Å². The third kappa shape index (κ3) is 3.54. The van der Waals surface area contributed by atoms with Crippen molar-refractivity contribution in [1.82, 2.24) is 15.1 Å². The first-order chi connectivity index (χ1) is 12.7. The summed E-state index contributed by atoms with van der Waals surface area (Å²) < 4.78 is 10.8. The van der Waals surface area contributed by atoms with Gasteiger partial charge in [-0.25, -0.2) is 0 Å². The van der Waals surface area contributed by atoms with Gasteiger partial charge in [0.15, 0.2) is 0 Å². The second-order valence-electron chi connectivity index (χ2n) is 6.78. The fourth-order valence-corrected chi connectivity index (χ4v) is 3.39. The Balaban J connectivity index is 1.34. The largest absolute Gasteiger partial charge is 0.472 e. The molecule has 26 heavy (non-hydrogen) atoms. The molecule has 134 valence electrons. The molecule has 6 nitrogen and oxygen atoms in total. The van der Waals surface area contributed by atoms with E-state index in [-0.39, 0.29) is 11.8 Å². The third-order valence-corrected chi connectivity index (χ3v) is 4.84. The van der Waals surface area contributed by atoms with Gasteiger partial charge in [-0.15, -0.1) is 10.2 Å². The molecule has 0 atom stereocenters. The average molecular weight is 351 g/mol. The quantitative estimate of drug-likeness (QED) is 0.718. The number of hydrogen-bond donors (Lipinski definition) is 0. The molecule has 2 aromatic heterocycles. The van der Waals surface area contributed by atoms with Gasteiger partial charge in [-0.3, -0.25) is 4.79 Å². The van der Waals surface area contributed by atoms with E-state index in [4.69, 9.17) is 8.83 Å². The predicted octanol–water partition coefficient (Wildman–Crippen LogP) is 3.59. The Morgan fingerprint density at radius 2 is 2.08 bits per heavy atom. The summed E-state index contributed by atoms with van der Waals surface area (Å²) in [6.07, 6.45) is 5.30. The van der Waals surface area contributed by atoms with Crippen LogP contribution in [0.2, 0.25) is 0 Å². The highest BCUT2D eigenvalue weighted by molar-refractivity contribution is 5.78. The number of aryl methyl sites for hydroxylation is 1. The van der Waals surface area contributed by atoms with Crippen molar-refractivity contribution >= 4 is 5.91 Å². The van der Waals surface area contributed by atoms with Crippen LogP contribution >= 0.6 is 0 Å². The number of amides is 1. The summed E-state index contributed by atoms with van der Waals surface area (Å²) in [5, 5.41) is 8.28. The first-order valence-corrected chi connectivity index (χ1v) is 8.88. The van der Waals surface area contributed by atoms with Crippen molar-refractivity contribution in [3.8, 4) is 11.5 Å². The van der Waals surface area contributed by atoms with Crippen LogP contribution in [0.1, 0.15) is 35.8 Å². The van der Waals surface area contributed by atoms with Gasteiger partial charge in [0.25, 0.3) is 5.89 Å². The van der Waals surface area contributed by atoms with E-state index in [0.717, 1.165) is 37.1 Å². The first-order valence-electron chi connectivity index (χ1n) is 8.88. The lowest BCUT2D eigenvalue weighted by Crippen LogP contribution is -2.38. The number of rotatable bonds is 4. The van der Waals surface area contributed by atoms with Gasteiger partial charge < -0.3 is 13.7 Å². The van der Waals surface area contributed by atoms with Gasteiger partial charge in [-0.05, 0) is 31.4 Å². The molecular weight excluding hydrogens is 330 g/mol. The van der Waals surface area contributed by atoms with Crippen molar-refractivity contribution in [2.24, 2.45) is 0 Å². The molecule has 1 aromatic carbocycles. The Bertz CT molecular complexity index is 877. The lowest BCUT2D eigenvalue weighted by molar-refractivity contribution is -0.131. The Hall–Kier alpha value is -2.89. The van der Waals surface area contributed by atoms with Crippen molar-refractivity contribution < 1.29 is 13.6 Å². The van der Waals surface area contributed by atoms with Crippen molar-refractivity contribution in [3.05, 3.63) is 59.9 Å². The Morgan fingerprint density at radius 1 is 1.23 bits per heavy atom. The fourth-order valence-electron chi connectivity index (χ4n) is 3.39. The fraction of sp³-hybridized carbons (Fsp3) is 0.350. The molecule has 1 aliphatic rings. The van der Waals surface area contributed by atoms with Gasteiger partial charge in [0.1, 0.15) is 6.26 Å². The summed E-state index contributed by atoms with van der Waals surface area (Å²) in [6, 6.07) is 9.91. The van der Waals surface area contributed by atoms with Crippen LogP contribution in [0.15, 0.2) is 51.7 Å². The topological polar surface area (TPSA) is 72.4 Å². The van der Waals surface area contributed by atoms with Crippen molar-refractivity contribution in [2.45, 2.75) is 32.1 Å². The molecule has 1 saturated heterocycles. The SMILES string of the molecule is Cc1cccc(CC(=O)N2CCC(c3nnc(-c4ccoc4)o3)CC2)c1. The van der Waals surface area contributed by atoms with E-state index in [0.29, 0.717) is 18.2 Å². The number of furan rings is 1. The van der Waals surface area contributed by atoms with Gasteiger partial charge in [0.05, 0.1) is 18.2 Å². The van der Waals surface area contributed by atoms with E-state index < -0.39 is 0 Å². The summed E-state index contributed by atoms with van der Waals surface area (Å²) in [4.78, 5) is 14.5. The normalized spacial score (nSPS) is 15.3. The first kappa shape index (κ1) is 16.6. The zero-order valence-electron chi connectivity index (χ0n) is 14.7. The maximum absolute atomic E-state index is 12.5. The Morgan fingerprint density at radius 3 is 2.81 bits per heavy atom. The minimum atomic E-state index is 0.179. The number of benzene rings is 1. The zero-order valence-corrected chi connectivity index (χ0v) is 14.7. The van der Waals surface area contributed by atoms with Crippen LogP contribution in [0.25, 0.3) is 11.5 Å². The van der Waals surface area contributed by atoms with Gasteiger partial charge in [-0.1, -0.05) is 29.8 Å². The monoisotopic (exact) mass is 351 g/mol. The summed E-state index contributed by atoms with van der Waals surface area (Å²) >= 11 is 0. The molecule has 0 unspecified atom stereocenters. The van der Waals surface area contributed by atoms with Crippen molar-refractivity contribution in [3.63, 3.8) is 0 Å². The molecule has 0 spiro atoms. The van der Waals surface area contributed by atoms with Gasteiger partial charge >= 0.3 is 0 Å². The second kappa shape index (κ2) is 7.15. The maximum Gasteiger partial charge on any atom is 0.250 e. The number of aromatic nitrogens is 2. The highest BCUT2D eigenvalue weighted by Crippen LogP contribution is 2.29. The molecule has 3 aromatic rings. The number of carbonyl (C=O) groups excluding carboxylic acids is 1. The standard InChI is InChI=1S/C20H21N3O3/c1-14-3-2-4-15(11-14)12-18(24)23-8-5-16(6-9-23)19-21-22-20(26-19)17-7-10-25-13-17/h2-4,7,10-11,13,16H,5-6,8-9,12H2,1H3. The summed E-state index contributed by atoms with van der Waals surface area (Å²) in [5.41, 5.74) is 3.03. The molecule has 0 bridgehead atoms. The third-order valence-electron chi connectivity index (χ3n) is 4.84. The molecule has 0 N–H and O–H groups in total. The number of hydrogen-bond acceptors (Lipinski definition) is 5. The molecule has 0 saturated carbocycles. The number of carbonyl (C=O) groups is 1. The van der Waals surface area contributed by atoms with E-state index in [2.05, 4.69) is 16.3 Å². The highest BCUT2D eigenvalue weighted by Gasteiger charge is 2.27. The van der Waals surface area contributed by atoms with E-state index in [9.17, 15) is 4.79 Å².